The van der Waals surface area contributed by atoms with Crippen LogP contribution in [0, 0.1) is 41.9 Å². The summed E-state index contributed by atoms with van der Waals surface area (Å²) >= 11 is 0. The summed E-state index contributed by atoms with van der Waals surface area (Å²) < 4.78 is 19.9. The molecule has 0 unspecified atom stereocenters. The first-order valence-electron chi connectivity index (χ1n) is 13.0. The molecule has 2 saturated heterocycles. The van der Waals surface area contributed by atoms with Crippen LogP contribution in [-0.2, 0) is 13.9 Å². The monoisotopic (exact) mass is 461 g/mol. The summed E-state index contributed by atoms with van der Waals surface area (Å²) in [4.78, 5) is 0. The Morgan fingerprint density at radius 3 is 2.34 bits per heavy atom. The van der Waals surface area contributed by atoms with Gasteiger partial charge < -0.3 is 13.9 Å². The first-order chi connectivity index (χ1) is 15.1. The number of hydrogen-bond acceptors (Lipinski definition) is 3. The van der Waals surface area contributed by atoms with Crippen LogP contribution >= 0.6 is 0 Å². The minimum absolute atomic E-state index is 0.153. The Bertz CT molecular complexity index is 610. The first kappa shape index (κ1) is 27.6. The van der Waals surface area contributed by atoms with Crippen molar-refractivity contribution in [1.29, 1.82) is 0 Å². The number of rotatable bonds is 11. The molecule has 2 aliphatic heterocycles. The summed E-state index contributed by atoms with van der Waals surface area (Å²) in [7, 11) is -0.770. The smallest absolute Gasteiger partial charge is 0.205 e. The molecule has 0 aromatic heterocycles. The van der Waals surface area contributed by atoms with Crippen LogP contribution in [0.1, 0.15) is 86.0 Å². The molecule has 1 spiro atoms. The van der Waals surface area contributed by atoms with Gasteiger partial charge in [0.25, 0.3) is 0 Å². The van der Waals surface area contributed by atoms with Crippen LogP contribution in [-0.4, -0.2) is 33.1 Å². The van der Waals surface area contributed by atoms with Crippen molar-refractivity contribution >= 4 is 9.04 Å². The van der Waals surface area contributed by atoms with E-state index in [2.05, 4.69) is 66.3 Å². The largest absolute Gasteiger partial charge is 0.413 e. The van der Waals surface area contributed by atoms with Crippen LogP contribution in [0.3, 0.4) is 0 Å². The second-order valence-corrected chi connectivity index (χ2v) is 13.1. The molecule has 2 fully saturated rings. The standard InChI is InChI=1S/C28H49O3Si/c1-10-20(3)12-14-25-22(5)16-18-28(29-25)19-17-24(7)27(30-28)23(6)13-15-26(21(4)11-2)31-32(8)9/h2,10,20-27H,1,12-19H2,3-9H3/t20-,21-,22-,23-,24+,25+,26+,27+,28-/m1/s1. The maximum atomic E-state index is 6.88. The third-order valence-corrected chi connectivity index (χ3v) is 8.63. The minimum atomic E-state index is -0.770. The zero-order valence-corrected chi connectivity index (χ0v) is 22.9. The molecule has 9 atom stereocenters. The molecule has 0 aliphatic carbocycles. The molecule has 2 aliphatic rings. The summed E-state index contributed by atoms with van der Waals surface area (Å²) in [5.41, 5.74) is 0. The van der Waals surface area contributed by atoms with Crippen LogP contribution in [0.15, 0.2) is 12.7 Å². The van der Waals surface area contributed by atoms with Gasteiger partial charge in [-0.05, 0) is 82.2 Å². The number of ether oxygens (including phenoxy) is 2. The molecule has 183 valence electrons. The van der Waals surface area contributed by atoms with Gasteiger partial charge in [0, 0.05) is 18.8 Å². The van der Waals surface area contributed by atoms with E-state index in [9.17, 15) is 0 Å². The molecule has 3 nitrogen and oxygen atoms in total. The van der Waals surface area contributed by atoms with Crippen molar-refractivity contribution in [3.63, 3.8) is 0 Å². The number of allylic oxidation sites excluding steroid dienone is 1. The van der Waals surface area contributed by atoms with Crippen LogP contribution in [0.2, 0.25) is 13.1 Å². The molecular weight excluding hydrogens is 412 g/mol. The predicted molar refractivity (Wildman–Crippen MR) is 137 cm³/mol. The highest BCUT2D eigenvalue weighted by Gasteiger charge is 2.47. The number of hydrogen-bond donors (Lipinski definition) is 0. The first-order valence-corrected chi connectivity index (χ1v) is 15.4. The highest BCUT2D eigenvalue weighted by atomic mass is 28.3. The molecule has 4 heteroatoms. The Labute approximate surface area is 200 Å². The fraction of sp³-hybridized carbons (Fsp3) is 0.857. The highest BCUT2D eigenvalue weighted by Crippen LogP contribution is 2.45. The van der Waals surface area contributed by atoms with Crippen LogP contribution in [0.4, 0.5) is 0 Å². The third kappa shape index (κ3) is 7.72. The lowest BCUT2D eigenvalue weighted by Gasteiger charge is -2.51. The van der Waals surface area contributed by atoms with Gasteiger partial charge in [-0.1, -0.05) is 33.8 Å². The van der Waals surface area contributed by atoms with E-state index in [1.807, 2.05) is 0 Å². The SMILES string of the molecule is C#C[C@@H](C)[C@H](CC[C@@H](C)[C@@H]1O[C@]2(CC[C@@H](C)[C@H](CC[C@H](C)C=C)O2)CC[C@@H]1C)O[Si](C)C. The Morgan fingerprint density at radius 1 is 1.09 bits per heavy atom. The van der Waals surface area contributed by atoms with Gasteiger partial charge in [0.2, 0.25) is 9.04 Å². The molecule has 1 radical (unpaired) electrons. The molecule has 0 saturated carbocycles. The summed E-state index contributed by atoms with van der Waals surface area (Å²) in [6.07, 6.45) is 17.2. The van der Waals surface area contributed by atoms with Gasteiger partial charge in [0.1, 0.15) is 0 Å². The lowest BCUT2D eigenvalue weighted by molar-refractivity contribution is -0.338. The lowest BCUT2D eigenvalue weighted by Crippen LogP contribution is -2.53. The Hall–Kier alpha value is -0.603. The van der Waals surface area contributed by atoms with Gasteiger partial charge in [0.15, 0.2) is 5.79 Å². The van der Waals surface area contributed by atoms with Crippen molar-refractivity contribution in [2.45, 2.75) is 123 Å². The van der Waals surface area contributed by atoms with Gasteiger partial charge in [-0.2, -0.15) is 0 Å². The maximum Gasteiger partial charge on any atom is 0.205 e. The quantitative estimate of drug-likeness (QED) is 0.184. The van der Waals surface area contributed by atoms with Gasteiger partial charge in [-0.3, -0.25) is 0 Å². The van der Waals surface area contributed by atoms with Crippen LogP contribution in [0.5, 0.6) is 0 Å². The molecule has 0 amide bonds. The molecule has 2 heterocycles. The topological polar surface area (TPSA) is 27.7 Å². The predicted octanol–water partition coefficient (Wildman–Crippen LogP) is 7.24. The molecule has 32 heavy (non-hydrogen) atoms. The van der Waals surface area contributed by atoms with E-state index in [1.54, 1.807) is 0 Å². The highest BCUT2D eigenvalue weighted by molar-refractivity contribution is 6.48. The Morgan fingerprint density at radius 2 is 1.75 bits per heavy atom. The van der Waals surface area contributed by atoms with Gasteiger partial charge in [0.05, 0.1) is 18.3 Å². The fourth-order valence-corrected chi connectivity index (χ4v) is 6.30. The zero-order chi connectivity index (χ0) is 23.9. The van der Waals surface area contributed by atoms with E-state index in [4.69, 9.17) is 20.3 Å². The zero-order valence-electron chi connectivity index (χ0n) is 21.9. The average Bonchev–Trinajstić information content (AvgIpc) is 2.77. The van der Waals surface area contributed by atoms with E-state index in [1.165, 1.54) is 12.8 Å². The van der Waals surface area contributed by atoms with E-state index in [-0.39, 0.29) is 23.9 Å². The van der Waals surface area contributed by atoms with Crippen molar-refractivity contribution in [2.24, 2.45) is 29.6 Å². The van der Waals surface area contributed by atoms with E-state index >= 15 is 0 Å². The number of terminal acetylenes is 1. The third-order valence-electron chi connectivity index (χ3n) is 7.86. The molecule has 2 rings (SSSR count). The molecule has 0 aromatic rings. The van der Waals surface area contributed by atoms with Crippen molar-refractivity contribution in [3.05, 3.63) is 12.7 Å². The summed E-state index contributed by atoms with van der Waals surface area (Å²) in [6, 6.07) is 0. The van der Waals surface area contributed by atoms with Crippen LogP contribution < -0.4 is 0 Å². The average molecular weight is 462 g/mol. The molecule has 0 N–H and O–H groups in total. The maximum absolute atomic E-state index is 6.88. The molecular formula is C28H49O3Si. The van der Waals surface area contributed by atoms with Crippen molar-refractivity contribution < 1.29 is 13.9 Å². The second-order valence-electron chi connectivity index (χ2n) is 11.0. The summed E-state index contributed by atoms with van der Waals surface area (Å²) in [5.74, 6) is 4.82. The van der Waals surface area contributed by atoms with E-state index in [0.29, 0.717) is 29.8 Å². The van der Waals surface area contributed by atoms with Gasteiger partial charge in [-0.15, -0.1) is 18.9 Å². The van der Waals surface area contributed by atoms with Crippen molar-refractivity contribution in [1.82, 2.24) is 0 Å². The molecule has 0 aromatic carbocycles. The van der Waals surface area contributed by atoms with E-state index in [0.717, 1.165) is 38.5 Å². The van der Waals surface area contributed by atoms with Crippen molar-refractivity contribution in [3.8, 4) is 12.3 Å². The van der Waals surface area contributed by atoms with Gasteiger partial charge in [-0.25, -0.2) is 0 Å². The molecule has 0 bridgehead atoms. The Balaban J connectivity index is 2.00. The van der Waals surface area contributed by atoms with Crippen LogP contribution in [0.25, 0.3) is 0 Å². The van der Waals surface area contributed by atoms with Gasteiger partial charge >= 0.3 is 0 Å². The van der Waals surface area contributed by atoms with Crippen molar-refractivity contribution in [2.75, 3.05) is 0 Å². The lowest BCUT2D eigenvalue weighted by atomic mass is 9.79. The normalized spacial score (nSPS) is 34.6. The minimum Gasteiger partial charge on any atom is -0.413 e. The fourth-order valence-electron chi connectivity index (χ4n) is 5.37. The summed E-state index contributed by atoms with van der Waals surface area (Å²) in [6.45, 7) is 19.7. The van der Waals surface area contributed by atoms with E-state index < -0.39 is 9.04 Å². The Kier molecular flexibility index (Phi) is 11.0. The second kappa shape index (κ2) is 12.7. The summed E-state index contributed by atoms with van der Waals surface area (Å²) in [5, 5.41) is 0.